The molecule has 4 rings (SSSR count). The van der Waals surface area contributed by atoms with Gasteiger partial charge < -0.3 is 0 Å². The number of hydrogen-bond donors (Lipinski definition) is 0. The van der Waals surface area contributed by atoms with E-state index in [1.165, 1.54) is 31.3 Å². The van der Waals surface area contributed by atoms with Crippen molar-refractivity contribution in [2.24, 2.45) is 34.5 Å². The highest BCUT2D eigenvalue weighted by atomic mass is 16.1. The third kappa shape index (κ3) is 2.01. The quantitative estimate of drug-likeness (QED) is 0.643. The summed E-state index contributed by atoms with van der Waals surface area (Å²) in [6.07, 6.45) is 8.80. The van der Waals surface area contributed by atoms with Crippen molar-refractivity contribution in [3.8, 4) is 0 Å². The Morgan fingerprint density at radius 1 is 1.12 bits per heavy atom. The topological polar surface area (TPSA) is 34.1 Å². The van der Waals surface area contributed by atoms with Gasteiger partial charge in [-0.3, -0.25) is 9.59 Å². The van der Waals surface area contributed by atoms with E-state index in [9.17, 15) is 9.59 Å². The van der Waals surface area contributed by atoms with Gasteiger partial charge in [0.1, 0.15) is 0 Å². The van der Waals surface area contributed by atoms with Crippen LogP contribution < -0.4 is 0 Å². The van der Waals surface area contributed by atoms with Crippen LogP contribution in [-0.2, 0) is 9.59 Å². The lowest BCUT2D eigenvalue weighted by molar-refractivity contribution is -0.131. The van der Waals surface area contributed by atoms with Crippen LogP contribution in [0.3, 0.4) is 0 Å². The first-order chi connectivity index (χ1) is 11.3. The van der Waals surface area contributed by atoms with Crippen LogP contribution in [0.25, 0.3) is 0 Å². The third-order valence-corrected chi connectivity index (χ3v) is 8.38. The monoisotopic (exact) mass is 326 g/mol. The smallest absolute Gasteiger partial charge is 0.159 e. The molecule has 130 valence electrons. The van der Waals surface area contributed by atoms with Gasteiger partial charge in [0.25, 0.3) is 0 Å². The molecule has 0 aromatic carbocycles. The minimum Gasteiger partial charge on any atom is -0.295 e. The average Bonchev–Trinajstić information content (AvgIpc) is 2.87. The summed E-state index contributed by atoms with van der Waals surface area (Å²) in [5, 5.41) is 0. The van der Waals surface area contributed by atoms with Crippen molar-refractivity contribution in [2.75, 3.05) is 0 Å². The molecule has 2 heteroatoms. The van der Waals surface area contributed by atoms with Crippen molar-refractivity contribution in [3.05, 3.63) is 23.8 Å². The van der Waals surface area contributed by atoms with E-state index in [0.717, 1.165) is 12.0 Å². The predicted octanol–water partition coefficient (Wildman–Crippen LogP) is 4.89. The van der Waals surface area contributed by atoms with E-state index in [4.69, 9.17) is 0 Å². The highest BCUT2D eigenvalue weighted by molar-refractivity contribution is 6.05. The number of fused-ring (bicyclic) bond motifs is 5. The van der Waals surface area contributed by atoms with Crippen molar-refractivity contribution in [2.45, 2.75) is 65.7 Å². The zero-order valence-electron chi connectivity index (χ0n) is 15.4. The van der Waals surface area contributed by atoms with Crippen molar-refractivity contribution >= 4 is 11.6 Å². The first-order valence-corrected chi connectivity index (χ1v) is 9.71. The fraction of sp³-hybridized carbons (Fsp3) is 0.727. The predicted molar refractivity (Wildman–Crippen MR) is 95.4 cm³/mol. The molecule has 3 fully saturated rings. The number of allylic oxidation sites excluding steroid dienone is 2. The lowest BCUT2D eigenvalue weighted by atomic mass is 9.46. The highest BCUT2D eigenvalue weighted by Crippen LogP contribution is 2.66. The van der Waals surface area contributed by atoms with Gasteiger partial charge in [-0.15, -0.1) is 0 Å². The average molecular weight is 326 g/mol. The summed E-state index contributed by atoms with van der Waals surface area (Å²) < 4.78 is 0. The minimum absolute atomic E-state index is 0.0590. The molecule has 3 saturated carbocycles. The number of carbonyl (C=O) groups excluding carboxylic acids is 2. The molecule has 0 amide bonds. The van der Waals surface area contributed by atoms with Crippen LogP contribution in [0.5, 0.6) is 0 Å². The van der Waals surface area contributed by atoms with Crippen LogP contribution in [0.2, 0.25) is 0 Å². The third-order valence-electron chi connectivity index (χ3n) is 8.38. The van der Waals surface area contributed by atoms with Crippen molar-refractivity contribution < 1.29 is 9.59 Å². The first-order valence-electron chi connectivity index (χ1n) is 9.71. The molecule has 0 aromatic rings. The normalized spacial score (nSPS) is 47.5. The molecule has 0 heterocycles. The standard InChI is InChI=1S/C22H30O2/c1-13(2)16-5-6-17-15-12-20(24)19-11-14(23)7-9-22(19,4)18(15)8-10-21(16,17)3/h11,15-18H,1,5-10,12H2,2-4H3/t15?,16-,17?,18?,21?,22?/m1/s1. The SMILES string of the molecule is C=C(C)[C@H]1CCC2C3CC(=O)C4=CC(=O)CCC4(C)C3CCC21C. The van der Waals surface area contributed by atoms with E-state index in [1.807, 2.05) is 0 Å². The number of Topliss-reactive ketones (excluding diaryl/α,β-unsaturated/α-hetero) is 1. The first kappa shape index (κ1) is 16.3. The van der Waals surface area contributed by atoms with Gasteiger partial charge in [0.05, 0.1) is 0 Å². The Balaban J connectivity index is 1.72. The molecule has 0 bridgehead atoms. The molecule has 5 unspecified atom stereocenters. The van der Waals surface area contributed by atoms with Gasteiger partial charge >= 0.3 is 0 Å². The zero-order valence-corrected chi connectivity index (χ0v) is 15.4. The maximum Gasteiger partial charge on any atom is 0.159 e. The summed E-state index contributed by atoms with van der Waals surface area (Å²) in [6.45, 7) is 11.2. The summed E-state index contributed by atoms with van der Waals surface area (Å²) in [6, 6.07) is 0. The Bertz CT molecular complexity index is 657. The maximum atomic E-state index is 12.9. The zero-order chi connectivity index (χ0) is 17.3. The number of carbonyl (C=O) groups is 2. The highest BCUT2D eigenvalue weighted by Gasteiger charge is 2.60. The van der Waals surface area contributed by atoms with Gasteiger partial charge in [0.2, 0.25) is 0 Å². The number of hydrogen-bond acceptors (Lipinski definition) is 2. The molecular weight excluding hydrogens is 296 g/mol. The van der Waals surface area contributed by atoms with Gasteiger partial charge in [-0.25, -0.2) is 0 Å². The van der Waals surface area contributed by atoms with Crippen LogP contribution in [0.1, 0.15) is 65.7 Å². The second-order valence-corrected chi connectivity index (χ2v) is 9.47. The molecule has 0 N–H and O–H groups in total. The molecule has 0 radical (unpaired) electrons. The van der Waals surface area contributed by atoms with Gasteiger partial charge in [-0.05, 0) is 79.6 Å². The lowest BCUT2D eigenvalue weighted by Crippen LogP contribution is -2.52. The van der Waals surface area contributed by atoms with Gasteiger partial charge in [0.15, 0.2) is 11.6 Å². The summed E-state index contributed by atoms with van der Waals surface area (Å²) in [5.74, 6) is 2.77. The summed E-state index contributed by atoms with van der Waals surface area (Å²) in [4.78, 5) is 24.8. The molecule has 0 aliphatic heterocycles. The Labute approximate surface area is 145 Å². The minimum atomic E-state index is -0.0590. The van der Waals surface area contributed by atoms with E-state index in [0.29, 0.717) is 41.9 Å². The Morgan fingerprint density at radius 2 is 1.88 bits per heavy atom. The van der Waals surface area contributed by atoms with Crippen LogP contribution >= 0.6 is 0 Å². The number of rotatable bonds is 1. The molecule has 2 nitrogen and oxygen atoms in total. The Kier molecular flexibility index (Phi) is 3.50. The van der Waals surface area contributed by atoms with Crippen LogP contribution in [0, 0.1) is 34.5 Å². The summed E-state index contributed by atoms with van der Waals surface area (Å²) in [7, 11) is 0. The van der Waals surface area contributed by atoms with Crippen LogP contribution in [0.15, 0.2) is 23.8 Å². The molecule has 0 saturated heterocycles. The molecule has 4 aliphatic carbocycles. The van der Waals surface area contributed by atoms with Gasteiger partial charge in [0, 0.05) is 18.4 Å². The van der Waals surface area contributed by atoms with Gasteiger partial charge in [-0.2, -0.15) is 0 Å². The van der Waals surface area contributed by atoms with Crippen LogP contribution in [-0.4, -0.2) is 11.6 Å². The second kappa shape index (κ2) is 5.16. The number of ketones is 2. The Hall–Kier alpha value is -1.18. The van der Waals surface area contributed by atoms with E-state index in [-0.39, 0.29) is 17.0 Å². The van der Waals surface area contributed by atoms with Gasteiger partial charge in [-0.1, -0.05) is 26.0 Å². The Morgan fingerprint density at radius 3 is 2.58 bits per heavy atom. The lowest BCUT2D eigenvalue weighted by Gasteiger charge is -2.57. The maximum absolute atomic E-state index is 12.9. The van der Waals surface area contributed by atoms with E-state index in [2.05, 4.69) is 27.4 Å². The largest absolute Gasteiger partial charge is 0.295 e. The van der Waals surface area contributed by atoms with Crippen molar-refractivity contribution in [1.29, 1.82) is 0 Å². The van der Waals surface area contributed by atoms with Crippen molar-refractivity contribution in [1.82, 2.24) is 0 Å². The summed E-state index contributed by atoms with van der Waals surface area (Å²) in [5.41, 5.74) is 2.46. The van der Waals surface area contributed by atoms with E-state index in [1.54, 1.807) is 6.08 Å². The van der Waals surface area contributed by atoms with Crippen LogP contribution in [0.4, 0.5) is 0 Å². The van der Waals surface area contributed by atoms with E-state index >= 15 is 0 Å². The fourth-order valence-electron chi connectivity index (χ4n) is 7.20. The van der Waals surface area contributed by atoms with Crippen molar-refractivity contribution in [3.63, 3.8) is 0 Å². The molecule has 6 atom stereocenters. The molecule has 24 heavy (non-hydrogen) atoms. The summed E-state index contributed by atoms with van der Waals surface area (Å²) >= 11 is 0. The fourth-order valence-corrected chi connectivity index (χ4v) is 7.20. The molecular formula is C22H30O2. The second-order valence-electron chi connectivity index (χ2n) is 9.47. The van der Waals surface area contributed by atoms with E-state index < -0.39 is 0 Å². The molecule has 0 spiro atoms. The molecule has 0 aromatic heterocycles. The molecule has 4 aliphatic rings.